The van der Waals surface area contributed by atoms with Crippen LogP contribution in [-0.4, -0.2) is 30.3 Å². The molecule has 1 saturated carbocycles. The first-order chi connectivity index (χ1) is 11.5. The van der Waals surface area contributed by atoms with Crippen molar-refractivity contribution in [1.82, 2.24) is 5.32 Å². The molecule has 1 fully saturated rings. The number of carbonyl (C=O) groups is 2. The summed E-state index contributed by atoms with van der Waals surface area (Å²) >= 11 is 1.43. The molecule has 1 aliphatic carbocycles. The summed E-state index contributed by atoms with van der Waals surface area (Å²) in [4.78, 5) is 24.8. The van der Waals surface area contributed by atoms with E-state index >= 15 is 0 Å². The van der Waals surface area contributed by atoms with Crippen LogP contribution >= 0.6 is 11.8 Å². The molecule has 0 saturated heterocycles. The molecule has 0 heterocycles. The van der Waals surface area contributed by atoms with E-state index in [-0.39, 0.29) is 30.3 Å². The minimum atomic E-state index is -0.356. The smallest absolute Gasteiger partial charge is 0.316 e. The first-order valence-corrected chi connectivity index (χ1v) is 9.59. The fourth-order valence-electron chi connectivity index (χ4n) is 2.91. The number of ether oxygens (including phenoxy) is 1. The second-order valence-corrected chi connectivity index (χ2v) is 7.68. The van der Waals surface area contributed by atoms with Crippen LogP contribution in [-0.2, 0) is 14.3 Å². The van der Waals surface area contributed by atoms with E-state index in [4.69, 9.17) is 4.74 Å². The molecule has 0 aliphatic heterocycles. The summed E-state index contributed by atoms with van der Waals surface area (Å²) in [6.45, 7) is 6.09. The normalized spacial score (nSPS) is 20.5. The molecule has 0 radical (unpaired) electrons. The summed E-state index contributed by atoms with van der Waals surface area (Å²) in [7, 11) is 0. The van der Waals surface area contributed by atoms with Crippen LogP contribution in [0, 0.1) is 19.8 Å². The molecular weight excluding hydrogens is 322 g/mol. The molecule has 0 bridgehead atoms. The third-order valence-corrected chi connectivity index (χ3v) is 5.62. The molecule has 2 atom stereocenters. The molecule has 132 valence electrons. The van der Waals surface area contributed by atoms with Gasteiger partial charge < -0.3 is 10.1 Å². The van der Waals surface area contributed by atoms with Gasteiger partial charge in [-0.1, -0.05) is 25.8 Å². The Morgan fingerprint density at radius 2 is 1.96 bits per heavy atom. The van der Waals surface area contributed by atoms with Crippen molar-refractivity contribution in [2.24, 2.45) is 5.92 Å². The van der Waals surface area contributed by atoms with Crippen molar-refractivity contribution in [3.8, 4) is 0 Å². The predicted molar refractivity (Wildman–Crippen MR) is 97.2 cm³/mol. The summed E-state index contributed by atoms with van der Waals surface area (Å²) in [6.07, 6.45) is 4.56. The average Bonchev–Trinajstić information content (AvgIpc) is 2.56. The summed E-state index contributed by atoms with van der Waals surface area (Å²) in [6, 6.07) is 6.32. The van der Waals surface area contributed by atoms with Gasteiger partial charge >= 0.3 is 5.97 Å². The van der Waals surface area contributed by atoms with Crippen molar-refractivity contribution in [2.45, 2.75) is 57.4 Å². The third kappa shape index (κ3) is 5.86. The van der Waals surface area contributed by atoms with E-state index < -0.39 is 0 Å². The van der Waals surface area contributed by atoms with Gasteiger partial charge in [-0.3, -0.25) is 9.59 Å². The van der Waals surface area contributed by atoms with Crippen molar-refractivity contribution in [1.29, 1.82) is 0 Å². The molecule has 24 heavy (non-hydrogen) atoms. The number of benzene rings is 1. The van der Waals surface area contributed by atoms with E-state index in [0.29, 0.717) is 5.92 Å². The van der Waals surface area contributed by atoms with Crippen LogP contribution < -0.4 is 5.32 Å². The van der Waals surface area contributed by atoms with E-state index in [1.807, 2.05) is 19.1 Å². The van der Waals surface area contributed by atoms with Crippen LogP contribution in [0.4, 0.5) is 0 Å². The van der Waals surface area contributed by atoms with E-state index in [9.17, 15) is 9.59 Å². The SMILES string of the molecule is Cc1ccc(SCC(=O)OCC(=O)N[C@H]2CCCC[C@H]2C)cc1C. The Hall–Kier alpha value is -1.49. The zero-order valence-corrected chi connectivity index (χ0v) is 15.6. The van der Waals surface area contributed by atoms with Crippen LogP contribution in [0.25, 0.3) is 0 Å². The zero-order chi connectivity index (χ0) is 17.5. The maximum Gasteiger partial charge on any atom is 0.316 e. The highest BCUT2D eigenvalue weighted by atomic mass is 32.2. The van der Waals surface area contributed by atoms with Crippen molar-refractivity contribution in [3.63, 3.8) is 0 Å². The molecule has 1 amide bonds. The lowest BCUT2D eigenvalue weighted by molar-refractivity contribution is -0.146. The first kappa shape index (κ1) is 18.8. The highest BCUT2D eigenvalue weighted by Crippen LogP contribution is 2.23. The quantitative estimate of drug-likeness (QED) is 0.629. The van der Waals surface area contributed by atoms with Gasteiger partial charge in [0.05, 0.1) is 5.75 Å². The number of carbonyl (C=O) groups excluding carboxylic acids is 2. The lowest BCUT2D eigenvalue weighted by atomic mass is 9.86. The van der Waals surface area contributed by atoms with Crippen LogP contribution in [0.2, 0.25) is 0 Å². The van der Waals surface area contributed by atoms with Crippen LogP contribution in [0.1, 0.15) is 43.7 Å². The van der Waals surface area contributed by atoms with E-state index in [0.717, 1.165) is 24.2 Å². The fourth-order valence-corrected chi connectivity index (χ4v) is 3.71. The predicted octanol–water partition coefficient (Wildman–Crippen LogP) is 3.63. The molecule has 1 aromatic carbocycles. The largest absolute Gasteiger partial charge is 0.455 e. The number of aryl methyl sites for hydroxylation is 2. The Labute approximate surface area is 148 Å². The molecular formula is C19H27NO3S. The monoisotopic (exact) mass is 349 g/mol. The highest BCUT2D eigenvalue weighted by molar-refractivity contribution is 8.00. The van der Waals surface area contributed by atoms with Gasteiger partial charge in [0.2, 0.25) is 0 Å². The highest BCUT2D eigenvalue weighted by Gasteiger charge is 2.23. The van der Waals surface area contributed by atoms with Gasteiger partial charge in [-0.2, -0.15) is 0 Å². The van der Waals surface area contributed by atoms with E-state index in [1.54, 1.807) is 0 Å². The van der Waals surface area contributed by atoms with Crippen molar-refractivity contribution in [2.75, 3.05) is 12.4 Å². The van der Waals surface area contributed by atoms with Crippen LogP contribution in [0.15, 0.2) is 23.1 Å². The molecule has 5 heteroatoms. The van der Waals surface area contributed by atoms with Gasteiger partial charge in [-0.25, -0.2) is 0 Å². The van der Waals surface area contributed by atoms with Gasteiger partial charge in [0.25, 0.3) is 5.91 Å². The van der Waals surface area contributed by atoms with E-state index in [2.05, 4.69) is 25.2 Å². The Balaban J connectivity index is 1.68. The number of hydrogen-bond acceptors (Lipinski definition) is 4. The number of hydrogen-bond donors (Lipinski definition) is 1. The topological polar surface area (TPSA) is 55.4 Å². The molecule has 1 aromatic rings. The Morgan fingerprint density at radius 1 is 1.21 bits per heavy atom. The van der Waals surface area contributed by atoms with Gasteiger partial charge in [-0.05, 0) is 55.9 Å². The maximum atomic E-state index is 11.9. The molecule has 1 aliphatic rings. The molecule has 1 N–H and O–H groups in total. The average molecular weight is 349 g/mol. The standard InChI is InChI=1S/C19H27NO3S/c1-13-8-9-16(10-15(13)3)24-12-19(22)23-11-18(21)20-17-7-5-4-6-14(17)2/h8-10,14,17H,4-7,11-12H2,1-3H3,(H,20,21)/t14-,17+/m1/s1. The summed E-state index contributed by atoms with van der Waals surface area (Å²) in [5.41, 5.74) is 2.44. The van der Waals surface area contributed by atoms with Crippen molar-refractivity contribution >= 4 is 23.6 Å². The van der Waals surface area contributed by atoms with Crippen molar-refractivity contribution < 1.29 is 14.3 Å². The van der Waals surface area contributed by atoms with Gasteiger partial charge in [0.15, 0.2) is 6.61 Å². The molecule has 2 rings (SSSR count). The Morgan fingerprint density at radius 3 is 2.67 bits per heavy atom. The Bertz CT molecular complexity index is 588. The maximum absolute atomic E-state index is 11.9. The zero-order valence-electron chi connectivity index (χ0n) is 14.8. The number of thioether (sulfide) groups is 1. The minimum absolute atomic E-state index is 0.185. The number of nitrogens with one attached hydrogen (secondary N) is 1. The lowest BCUT2D eigenvalue weighted by Crippen LogP contribution is -2.43. The number of rotatable bonds is 6. The molecule has 4 nitrogen and oxygen atoms in total. The summed E-state index contributed by atoms with van der Waals surface area (Å²) in [5, 5.41) is 2.99. The lowest BCUT2D eigenvalue weighted by Gasteiger charge is -2.29. The minimum Gasteiger partial charge on any atom is -0.455 e. The van der Waals surface area contributed by atoms with Gasteiger partial charge in [0.1, 0.15) is 0 Å². The summed E-state index contributed by atoms with van der Waals surface area (Å²) in [5.74, 6) is 0.164. The number of esters is 1. The van der Waals surface area contributed by atoms with Gasteiger partial charge in [-0.15, -0.1) is 11.8 Å². The fraction of sp³-hybridized carbons (Fsp3) is 0.579. The first-order valence-electron chi connectivity index (χ1n) is 8.60. The van der Waals surface area contributed by atoms with Crippen LogP contribution in [0.5, 0.6) is 0 Å². The second kappa shape index (κ2) is 9.11. The molecule has 0 aromatic heterocycles. The van der Waals surface area contributed by atoms with Crippen LogP contribution in [0.3, 0.4) is 0 Å². The molecule has 0 unspecified atom stereocenters. The van der Waals surface area contributed by atoms with Gasteiger partial charge in [0, 0.05) is 10.9 Å². The Kier molecular flexibility index (Phi) is 7.16. The molecule has 0 spiro atoms. The number of amides is 1. The van der Waals surface area contributed by atoms with E-state index in [1.165, 1.54) is 29.3 Å². The van der Waals surface area contributed by atoms with Crippen molar-refractivity contribution in [3.05, 3.63) is 29.3 Å². The second-order valence-electron chi connectivity index (χ2n) is 6.63. The summed E-state index contributed by atoms with van der Waals surface area (Å²) < 4.78 is 5.08. The third-order valence-electron chi connectivity index (χ3n) is 4.66.